The van der Waals surface area contributed by atoms with Gasteiger partial charge in [0.2, 0.25) is 11.8 Å². The van der Waals surface area contributed by atoms with E-state index in [0.29, 0.717) is 0 Å². The molecular weight excluding hydrogens is 204 g/mol. The van der Waals surface area contributed by atoms with E-state index in [0.717, 1.165) is 25.7 Å². The van der Waals surface area contributed by atoms with Crippen LogP contribution in [0.2, 0.25) is 0 Å². The van der Waals surface area contributed by atoms with E-state index in [2.05, 4.69) is 12.2 Å². The molecule has 0 spiro atoms. The van der Waals surface area contributed by atoms with E-state index in [4.69, 9.17) is 0 Å². The molecule has 0 aromatic carbocycles. The van der Waals surface area contributed by atoms with Crippen LogP contribution in [0.25, 0.3) is 0 Å². The molecular formula is C12H20N2O2. The zero-order valence-electron chi connectivity index (χ0n) is 10.3. The van der Waals surface area contributed by atoms with Gasteiger partial charge in [-0.25, -0.2) is 0 Å². The standard InChI is InChI=1S/C12H20N2O2/c1-11(2)10(16)14(8-9(15)13-11)12(3)6-4-5-7-12/h4-8H2,1-3H3,(H,13,15). The van der Waals surface area contributed by atoms with Gasteiger partial charge in [0.15, 0.2) is 0 Å². The van der Waals surface area contributed by atoms with Gasteiger partial charge in [0.1, 0.15) is 12.1 Å². The van der Waals surface area contributed by atoms with Crippen molar-refractivity contribution >= 4 is 11.8 Å². The van der Waals surface area contributed by atoms with Gasteiger partial charge < -0.3 is 10.2 Å². The summed E-state index contributed by atoms with van der Waals surface area (Å²) in [6, 6.07) is 0. The second kappa shape index (κ2) is 3.47. The first-order chi connectivity index (χ1) is 7.35. The van der Waals surface area contributed by atoms with E-state index in [1.807, 2.05) is 0 Å². The van der Waals surface area contributed by atoms with Crippen LogP contribution in [-0.2, 0) is 9.59 Å². The van der Waals surface area contributed by atoms with Crippen LogP contribution in [0, 0.1) is 0 Å². The lowest BCUT2D eigenvalue weighted by molar-refractivity contribution is -0.154. The van der Waals surface area contributed by atoms with Crippen molar-refractivity contribution in [3.63, 3.8) is 0 Å². The Kier molecular flexibility index (Phi) is 2.48. The van der Waals surface area contributed by atoms with Crippen LogP contribution >= 0.6 is 0 Å². The maximum atomic E-state index is 12.3. The summed E-state index contributed by atoms with van der Waals surface area (Å²) in [6.07, 6.45) is 4.34. The Hall–Kier alpha value is -1.06. The Morgan fingerprint density at radius 1 is 1.12 bits per heavy atom. The van der Waals surface area contributed by atoms with Gasteiger partial charge in [0.05, 0.1) is 0 Å². The first-order valence-corrected chi connectivity index (χ1v) is 5.98. The third-order valence-electron chi connectivity index (χ3n) is 3.87. The number of carbonyl (C=O) groups is 2. The largest absolute Gasteiger partial charge is 0.341 e. The summed E-state index contributed by atoms with van der Waals surface area (Å²) < 4.78 is 0. The van der Waals surface area contributed by atoms with Gasteiger partial charge in [0.25, 0.3) is 0 Å². The molecule has 4 nitrogen and oxygen atoms in total. The highest BCUT2D eigenvalue weighted by atomic mass is 16.2. The highest BCUT2D eigenvalue weighted by Crippen LogP contribution is 2.36. The molecule has 0 unspecified atom stereocenters. The molecule has 0 radical (unpaired) electrons. The summed E-state index contributed by atoms with van der Waals surface area (Å²) in [4.78, 5) is 25.7. The van der Waals surface area contributed by atoms with Gasteiger partial charge in [0, 0.05) is 5.54 Å². The maximum Gasteiger partial charge on any atom is 0.248 e. The average Bonchev–Trinajstić information content (AvgIpc) is 2.59. The molecule has 2 aliphatic rings. The molecule has 1 aliphatic heterocycles. The smallest absolute Gasteiger partial charge is 0.248 e. The predicted molar refractivity (Wildman–Crippen MR) is 60.8 cm³/mol. The van der Waals surface area contributed by atoms with E-state index in [-0.39, 0.29) is 23.9 Å². The SMILES string of the molecule is CC1(C)NC(=O)CN(C2(C)CCCC2)C1=O. The van der Waals surface area contributed by atoms with Crippen molar-refractivity contribution in [2.75, 3.05) is 6.54 Å². The summed E-state index contributed by atoms with van der Waals surface area (Å²) in [5, 5.41) is 2.75. The molecule has 16 heavy (non-hydrogen) atoms. The molecule has 2 rings (SSSR count). The zero-order chi connectivity index (χ0) is 12.0. The fraction of sp³-hybridized carbons (Fsp3) is 0.833. The molecule has 0 aromatic rings. The van der Waals surface area contributed by atoms with Crippen LogP contribution in [-0.4, -0.2) is 34.3 Å². The minimum atomic E-state index is -0.749. The maximum absolute atomic E-state index is 12.3. The monoisotopic (exact) mass is 224 g/mol. The predicted octanol–water partition coefficient (Wildman–Crippen LogP) is 1.06. The molecule has 1 heterocycles. The van der Waals surface area contributed by atoms with Crippen LogP contribution < -0.4 is 5.32 Å². The minimum Gasteiger partial charge on any atom is -0.341 e. The van der Waals surface area contributed by atoms with Crippen molar-refractivity contribution < 1.29 is 9.59 Å². The van der Waals surface area contributed by atoms with Gasteiger partial charge in [-0.1, -0.05) is 12.8 Å². The Labute approximate surface area is 96.4 Å². The molecule has 1 saturated carbocycles. The number of rotatable bonds is 1. The third kappa shape index (κ3) is 1.70. The van der Waals surface area contributed by atoms with Gasteiger partial charge >= 0.3 is 0 Å². The van der Waals surface area contributed by atoms with Crippen molar-refractivity contribution in [2.45, 2.75) is 57.5 Å². The van der Waals surface area contributed by atoms with Gasteiger partial charge in [-0.15, -0.1) is 0 Å². The van der Waals surface area contributed by atoms with Crippen molar-refractivity contribution in [1.82, 2.24) is 10.2 Å². The number of nitrogens with one attached hydrogen (secondary N) is 1. The molecule has 2 fully saturated rings. The first kappa shape index (κ1) is 11.4. The quantitative estimate of drug-likeness (QED) is 0.724. The summed E-state index contributed by atoms with van der Waals surface area (Å²) >= 11 is 0. The zero-order valence-corrected chi connectivity index (χ0v) is 10.3. The Morgan fingerprint density at radius 2 is 1.69 bits per heavy atom. The number of amides is 2. The van der Waals surface area contributed by atoms with Gasteiger partial charge in [-0.05, 0) is 33.6 Å². The lowest BCUT2D eigenvalue weighted by Gasteiger charge is -2.46. The van der Waals surface area contributed by atoms with Crippen molar-refractivity contribution in [1.29, 1.82) is 0 Å². The summed E-state index contributed by atoms with van der Waals surface area (Å²) in [5.74, 6) is 0.00854. The van der Waals surface area contributed by atoms with E-state index < -0.39 is 5.54 Å². The van der Waals surface area contributed by atoms with Crippen molar-refractivity contribution in [2.24, 2.45) is 0 Å². The van der Waals surface area contributed by atoms with E-state index in [1.54, 1.807) is 18.7 Å². The lowest BCUT2D eigenvalue weighted by atomic mass is 9.91. The van der Waals surface area contributed by atoms with Crippen LogP contribution in [0.3, 0.4) is 0 Å². The number of hydrogen-bond donors (Lipinski definition) is 1. The number of carbonyl (C=O) groups excluding carboxylic acids is 2. The van der Waals surface area contributed by atoms with Crippen LogP contribution in [0.1, 0.15) is 46.5 Å². The molecule has 0 aromatic heterocycles. The fourth-order valence-electron chi connectivity index (χ4n) is 2.84. The number of nitrogens with zero attached hydrogens (tertiary/aromatic N) is 1. The highest BCUT2D eigenvalue weighted by molar-refractivity contribution is 5.97. The van der Waals surface area contributed by atoms with E-state index >= 15 is 0 Å². The third-order valence-corrected chi connectivity index (χ3v) is 3.87. The Morgan fingerprint density at radius 3 is 2.25 bits per heavy atom. The summed E-state index contributed by atoms with van der Waals surface area (Å²) in [6.45, 7) is 5.88. The van der Waals surface area contributed by atoms with Crippen LogP contribution in [0.4, 0.5) is 0 Å². The molecule has 2 amide bonds. The highest BCUT2D eigenvalue weighted by Gasteiger charge is 2.47. The second-order valence-corrected chi connectivity index (χ2v) is 5.77. The topological polar surface area (TPSA) is 49.4 Å². The normalized spacial score (nSPS) is 28.1. The summed E-state index contributed by atoms with van der Waals surface area (Å²) in [7, 11) is 0. The summed E-state index contributed by atoms with van der Waals surface area (Å²) in [5.41, 5.74) is -0.854. The van der Waals surface area contributed by atoms with E-state index in [1.165, 1.54) is 0 Å². The number of hydrogen-bond acceptors (Lipinski definition) is 2. The molecule has 1 aliphatic carbocycles. The Bertz CT molecular complexity index is 330. The molecule has 1 saturated heterocycles. The molecule has 1 N–H and O–H groups in total. The second-order valence-electron chi connectivity index (χ2n) is 5.77. The lowest BCUT2D eigenvalue weighted by Crippen LogP contribution is -2.68. The first-order valence-electron chi connectivity index (χ1n) is 5.98. The molecule has 0 atom stereocenters. The average molecular weight is 224 g/mol. The van der Waals surface area contributed by atoms with Gasteiger partial charge in [-0.3, -0.25) is 9.59 Å². The van der Waals surface area contributed by atoms with Crippen molar-refractivity contribution in [3.05, 3.63) is 0 Å². The van der Waals surface area contributed by atoms with E-state index in [9.17, 15) is 9.59 Å². The van der Waals surface area contributed by atoms with Crippen LogP contribution in [0.5, 0.6) is 0 Å². The molecule has 90 valence electrons. The van der Waals surface area contributed by atoms with Gasteiger partial charge in [-0.2, -0.15) is 0 Å². The van der Waals surface area contributed by atoms with Crippen molar-refractivity contribution in [3.8, 4) is 0 Å². The minimum absolute atomic E-state index is 0.0438. The number of piperazine rings is 1. The fourth-order valence-corrected chi connectivity index (χ4v) is 2.84. The Balaban J connectivity index is 2.26. The molecule has 0 bridgehead atoms. The molecule has 4 heteroatoms. The van der Waals surface area contributed by atoms with Crippen LogP contribution in [0.15, 0.2) is 0 Å².